The average molecular weight is 379 g/mol. The Morgan fingerprint density at radius 2 is 1.89 bits per heavy atom. The summed E-state index contributed by atoms with van der Waals surface area (Å²) in [5, 5.41) is 9.59. The number of piperazine rings is 1. The lowest BCUT2D eigenvalue weighted by Gasteiger charge is -2.41. The van der Waals surface area contributed by atoms with Crippen LogP contribution < -0.4 is 4.74 Å². The molecule has 1 aliphatic heterocycles. The van der Waals surface area contributed by atoms with Crippen molar-refractivity contribution in [3.05, 3.63) is 65.2 Å². The molecule has 1 fully saturated rings. The maximum atomic E-state index is 9.59. The van der Waals surface area contributed by atoms with Crippen molar-refractivity contribution in [2.24, 2.45) is 0 Å². The van der Waals surface area contributed by atoms with E-state index in [9.17, 15) is 5.11 Å². The first-order valence-corrected chi connectivity index (χ1v) is 10.1. The minimum absolute atomic E-state index is 0.207. The fourth-order valence-electron chi connectivity index (χ4n) is 3.85. The zero-order valence-corrected chi connectivity index (χ0v) is 16.7. The van der Waals surface area contributed by atoms with Gasteiger partial charge in [-0.15, -0.1) is 6.42 Å². The Hall–Kier alpha value is -2.32. The van der Waals surface area contributed by atoms with Gasteiger partial charge in [0.25, 0.3) is 0 Å². The van der Waals surface area contributed by atoms with Gasteiger partial charge in [-0.05, 0) is 37.1 Å². The van der Waals surface area contributed by atoms with Crippen LogP contribution in [-0.4, -0.2) is 53.8 Å². The summed E-state index contributed by atoms with van der Waals surface area (Å²) < 4.78 is 5.79. The number of hydrogen-bond acceptors (Lipinski definition) is 4. The van der Waals surface area contributed by atoms with E-state index < -0.39 is 0 Å². The molecule has 4 nitrogen and oxygen atoms in total. The zero-order chi connectivity index (χ0) is 19.8. The summed E-state index contributed by atoms with van der Waals surface area (Å²) in [7, 11) is 0. The molecule has 1 saturated heterocycles. The number of nitrogens with zero attached hydrogens (tertiary/aromatic N) is 2. The fourth-order valence-corrected chi connectivity index (χ4v) is 3.85. The summed E-state index contributed by atoms with van der Waals surface area (Å²) in [5.41, 5.74) is 3.40. The Balaban J connectivity index is 1.64. The van der Waals surface area contributed by atoms with Gasteiger partial charge in [0.05, 0.1) is 6.61 Å². The van der Waals surface area contributed by atoms with Crippen molar-refractivity contribution in [3.63, 3.8) is 0 Å². The first-order chi connectivity index (χ1) is 13.7. The first kappa shape index (κ1) is 20.4. The summed E-state index contributed by atoms with van der Waals surface area (Å²) in [6, 6.07) is 16.8. The van der Waals surface area contributed by atoms with Crippen LogP contribution in [0.15, 0.2) is 48.5 Å². The Kier molecular flexibility index (Phi) is 7.50. The number of aliphatic hydroxyl groups is 1. The van der Waals surface area contributed by atoms with Crippen LogP contribution in [0.2, 0.25) is 0 Å². The number of hydrogen-bond donors (Lipinski definition) is 1. The van der Waals surface area contributed by atoms with E-state index in [1.165, 1.54) is 11.1 Å². The molecule has 0 radical (unpaired) electrons. The predicted octanol–water partition coefficient (Wildman–Crippen LogP) is 3.14. The molecule has 0 unspecified atom stereocenters. The molecule has 148 valence electrons. The van der Waals surface area contributed by atoms with Crippen LogP contribution in [0.3, 0.4) is 0 Å². The molecule has 4 heteroatoms. The van der Waals surface area contributed by atoms with E-state index in [0.717, 1.165) is 50.5 Å². The molecular formula is C24H30N2O2. The zero-order valence-electron chi connectivity index (χ0n) is 16.7. The quantitative estimate of drug-likeness (QED) is 0.716. The molecule has 1 atom stereocenters. The Morgan fingerprint density at radius 3 is 2.61 bits per heavy atom. The molecule has 3 rings (SSSR count). The highest BCUT2D eigenvalue weighted by atomic mass is 16.5. The smallest absolute Gasteiger partial charge is 0.123 e. The van der Waals surface area contributed by atoms with Crippen LogP contribution in [0.25, 0.3) is 0 Å². The summed E-state index contributed by atoms with van der Waals surface area (Å²) in [4.78, 5) is 4.95. The van der Waals surface area contributed by atoms with Crippen molar-refractivity contribution < 1.29 is 9.84 Å². The second-order valence-corrected chi connectivity index (χ2v) is 7.25. The Bertz CT molecular complexity index is 782. The molecule has 0 spiro atoms. The largest absolute Gasteiger partial charge is 0.494 e. The molecule has 28 heavy (non-hydrogen) atoms. The van der Waals surface area contributed by atoms with Crippen molar-refractivity contribution in [2.45, 2.75) is 32.5 Å². The van der Waals surface area contributed by atoms with Crippen LogP contribution in [-0.2, 0) is 13.1 Å². The van der Waals surface area contributed by atoms with Crippen LogP contribution in [0, 0.1) is 12.3 Å². The topological polar surface area (TPSA) is 35.9 Å². The van der Waals surface area contributed by atoms with Crippen LogP contribution in [0.1, 0.15) is 30.0 Å². The highest BCUT2D eigenvalue weighted by Crippen LogP contribution is 2.24. The van der Waals surface area contributed by atoms with Crippen molar-refractivity contribution in [3.8, 4) is 18.1 Å². The van der Waals surface area contributed by atoms with Crippen molar-refractivity contribution >= 4 is 0 Å². The van der Waals surface area contributed by atoms with Gasteiger partial charge < -0.3 is 9.84 Å². The lowest BCUT2D eigenvalue weighted by Crippen LogP contribution is -2.52. The van der Waals surface area contributed by atoms with Gasteiger partial charge in [0.15, 0.2) is 0 Å². The van der Waals surface area contributed by atoms with Crippen molar-refractivity contribution in [1.29, 1.82) is 0 Å². The highest BCUT2D eigenvalue weighted by Gasteiger charge is 2.27. The highest BCUT2D eigenvalue weighted by molar-refractivity contribution is 5.34. The van der Waals surface area contributed by atoms with Crippen LogP contribution in [0.4, 0.5) is 0 Å². The molecule has 2 aromatic rings. The lowest BCUT2D eigenvalue weighted by molar-refractivity contribution is 0.0494. The standard InChI is InChI=1S/C24H30N2O2/c1-3-20-9-11-21(12-10-20)17-25-14-15-26(23(19-25)13-16-27)18-22-7-5-6-8-24(22)28-4-2/h1,5-12,23,27H,4,13-19H2,2H3/t23-/m0/s1. The molecule has 0 aliphatic carbocycles. The number of para-hydroxylation sites is 1. The summed E-state index contributed by atoms with van der Waals surface area (Å²) >= 11 is 0. The maximum absolute atomic E-state index is 9.59. The van der Waals surface area contributed by atoms with Gasteiger partial charge in [-0.3, -0.25) is 9.80 Å². The van der Waals surface area contributed by atoms with Crippen LogP contribution >= 0.6 is 0 Å². The molecule has 1 aliphatic rings. The maximum Gasteiger partial charge on any atom is 0.123 e. The van der Waals surface area contributed by atoms with Gasteiger partial charge in [-0.1, -0.05) is 36.3 Å². The van der Waals surface area contributed by atoms with E-state index in [1.54, 1.807) is 0 Å². The molecule has 0 saturated carbocycles. The second-order valence-electron chi connectivity index (χ2n) is 7.25. The molecular weight excluding hydrogens is 348 g/mol. The number of ether oxygens (including phenoxy) is 1. The number of terminal acetylenes is 1. The van der Waals surface area contributed by atoms with Gasteiger partial charge in [0.2, 0.25) is 0 Å². The molecule has 0 bridgehead atoms. The first-order valence-electron chi connectivity index (χ1n) is 10.1. The monoisotopic (exact) mass is 378 g/mol. The van der Waals surface area contributed by atoms with Crippen LogP contribution in [0.5, 0.6) is 5.75 Å². The average Bonchev–Trinajstić information content (AvgIpc) is 2.72. The van der Waals surface area contributed by atoms with Crippen molar-refractivity contribution in [1.82, 2.24) is 9.80 Å². The normalized spacial score (nSPS) is 18.0. The molecule has 2 aromatic carbocycles. The van der Waals surface area contributed by atoms with Gasteiger partial charge in [0, 0.05) is 56.5 Å². The van der Waals surface area contributed by atoms with Gasteiger partial charge in [-0.25, -0.2) is 0 Å². The Morgan fingerprint density at radius 1 is 1.11 bits per heavy atom. The second kappa shape index (κ2) is 10.3. The molecule has 1 heterocycles. The lowest BCUT2D eigenvalue weighted by atomic mass is 10.1. The van der Waals surface area contributed by atoms with E-state index in [-0.39, 0.29) is 6.61 Å². The predicted molar refractivity (Wildman–Crippen MR) is 113 cm³/mol. The molecule has 0 amide bonds. The summed E-state index contributed by atoms with van der Waals surface area (Å²) in [6.45, 7) is 7.60. The SMILES string of the molecule is C#Cc1ccc(CN2CCN(Cc3ccccc3OCC)[C@@H](CCO)C2)cc1. The Labute approximate surface area is 168 Å². The van der Waals surface area contributed by atoms with E-state index in [2.05, 4.69) is 40.0 Å². The fraction of sp³-hybridized carbons (Fsp3) is 0.417. The minimum atomic E-state index is 0.207. The van der Waals surface area contributed by atoms with E-state index in [4.69, 9.17) is 11.2 Å². The third-order valence-corrected chi connectivity index (χ3v) is 5.32. The van der Waals surface area contributed by atoms with E-state index >= 15 is 0 Å². The van der Waals surface area contributed by atoms with Crippen molar-refractivity contribution in [2.75, 3.05) is 32.8 Å². The third-order valence-electron chi connectivity index (χ3n) is 5.32. The number of aliphatic hydroxyl groups excluding tert-OH is 1. The van der Waals surface area contributed by atoms with E-state index in [1.807, 2.05) is 31.2 Å². The summed E-state index contributed by atoms with van der Waals surface area (Å²) in [5.74, 6) is 3.63. The van der Waals surface area contributed by atoms with Gasteiger partial charge >= 0.3 is 0 Å². The number of rotatable bonds is 8. The third kappa shape index (κ3) is 5.36. The molecule has 1 N–H and O–H groups in total. The molecule has 0 aromatic heterocycles. The van der Waals surface area contributed by atoms with Gasteiger partial charge in [0.1, 0.15) is 5.75 Å². The number of benzene rings is 2. The summed E-state index contributed by atoms with van der Waals surface area (Å²) in [6.07, 6.45) is 6.23. The van der Waals surface area contributed by atoms with Gasteiger partial charge in [-0.2, -0.15) is 0 Å². The minimum Gasteiger partial charge on any atom is -0.494 e. The van der Waals surface area contributed by atoms with E-state index in [0.29, 0.717) is 12.6 Å².